The normalized spacial score (nSPS) is 25.0. The number of aliphatic carboxylic acids is 1. The van der Waals surface area contributed by atoms with Crippen molar-refractivity contribution in [2.45, 2.75) is 12.3 Å². The lowest BCUT2D eigenvalue weighted by atomic mass is 9.93. The quantitative estimate of drug-likeness (QED) is 0.803. The average Bonchev–Trinajstić information content (AvgIpc) is 3.23. The maximum atomic E-state index is 12.3. The van der Waals surface area contributed by atoms with Gasteiger partial charge in [-0.3, -0.25) is 9.89 Å². The summed E-state index contributed by atoms with van der Waals surface area (Å²) >= 11 is 0. The van der Waals surface area contributed by atoms with Crippen molar-refractivity contribution in [3.8, 4) is 0 Å². The summed E-state index contributed by atoms with van der Waals surface area (Å²) in [6, 6.07) is 1.72. The Morgan fingerprint density at radius 3 is 2.58 bits per heavy atom. The number of carbonyl (C=O) groups excluding carboxylic acids is 1. The number of aromatic amines is 1. The second-order valence-electron chi connectivity index (χ2n) is 6.54. The summed E-state index contributed by atoms with van der Waals surface area (Å²) in [4.78, 5) is 25.2. The molecule has 11 heteroatoms. The van der Waals surface area contributed by atoms with Gasteiger partial charge in [0.15, 0.2) is 0 Å². The van der Waals surface area contributed by atoms with E-state index in [0.29, 0.717) is 24.1 Å². The molecular formula is C15H21F3N4O4. The number of ether oxygens (including phenoxy) is 1. The molecule has 2 saturated heterocycles. The highest BCUT2D eigenvalue weighted by molar-refractivity contribution is 5.92. The number of amides is 1. The van der Waals surface area contributed by atoms with Gasteiger partial charge in [-0.05, 0) is 20.2 Å². The Bertz CT molecular complexity index is 621. The predicted octanol–water partition coefficient (Wildman–Crippen LogP) is 0.692. The van der Waals surface area contributed by atoms with E-state index in [-0.39, 0.29) is 12.0 Å². The number of carboxylic acid groups (broad SMARTS) is 1. The van der Waals surface area contributed by atoms with E-state index in [9.17, 15) is 18.0 Å². The van der Waals surface area contributed by atoms with E-state index >= 15 is 0 Å². The SMILES string of the molecule is CN(C)C[C@@H]1CO[C@@H]2CN(C(=O)c3ccn[nH]3)C[C@H]12.O=C(O)C(F)(F)F. The summed E-state index contributed by atoms with van der Waals surface area (Å²) in [5.74, 6) is -1.74. The van der Waals surface area contributed by atoms with Gasteiger partial charge in [0.1, 0.15) is 5.69 Å². The molecule has 146 valence electrons. The van der Waals surface area contributed by atoms with Crippen LogP contribution in [0.3, 0.4) is 0 Å². The Kier molecular flexibility index (Phi) is 6.24. The Hall–Kier alpha value is -2.14. The lowest BCUT2D eigenvalue weighted by Gasteiger charge is -2.21. The number of halogens is 3. The van der Waals surface area contributed by atoms with Crippen LogP contribution < -0.4 is 0 Å². The van der Waals surface area contributed by atoms with Gasteiger partial charge in [-0.15, -0.1) is 0 Å². The van der Waals surface area contributed by atoms with Gasteiger partial charge >= 0.3 is 12.1 Å². The molecule has 0 saturated carbocycles. The van der Waals surface area contributed by atoms with Crippen molar-refractivity contribution in [2.75, 3.05) is 40.3 Å². The molecule has 2 N–H and O–H groups in total. The van der Waals surface area contributed by atoms with Crippen molar-refractivity contribution in [2.24, 2.45) is 11.8 Å². The summed E-state index contributed by atoms with van der Waals surface area (Å²) in [5.41, 5.74) is 0.559. The van der Waals surface area contributed by atoms with Crippen LogP contribution in [0.25, 0.3) is 0 Å². The fourth-order valence-electron chi connectivity index (χ4n) is 3.17. The van der Waals surface area contributed by atoms with Crippen LogP contribution in [0.4, 0.5) is 13.2 Å². The third kappa shape index (κ3) is 4.94. The summed E-state index contributed by atoms with van der Waals surface area (Å²) in [5, 5.41) is 13.7. The topological polar surface area (TPSA) is 98.8 Å². The van der Waals surface area contributed by atoms with Gasteiger partial charge in [0.2, 0.25) is 0 Å². The zero-order valence-electron chi connectivity index (χ0n) is 14.4. The van der Waals surface area contributed by atoms with E-state index in [4.69, 9.17) is 14.6 Å². The molecule has 0 aliphatic carbocycles. The minimum Gasteiger partial charge on any atom is -0.475 e. The van der Waals surface area contributed by atoms with E-state index in [1.165, 1.54) is 0 Å². The van der Waals surface area contributed by atoms with E-state index in [0.717, 1.165) is 19.7 Å². The Morgan fingerprint density at radius 2 is 2.08 bits per heavy atom. The van der Waals surface area contributed by atoms with Gasteiger partial charge in [0.25, 0.3) is 5.91 Å². The van der Waals surface area contributed by atoms with Crippen molar-refractivity contribution in [1.29, 1.82) is 0 Å². The first-order valence-electron chi connectivity index (χ1n) is 7.94. The highest BCUT2D eigenvalue weighted by atomic mass is 19.4. The van der Waals surface area contributed by atoms with Crippen LogP contribution in [0.15, 0.2) is 12.3 Å². The predicted molar refractivity (Wildman–Crippen MR) is 83.5 cm³/mol. The number of fused-ring (bicyclic) bond motifs is 1. The average molecular weight is 378 g/mol. The lowest BCUT2D eigenvalue weighted by molar-refractivity contribution is -0.192. The van der Waals surface area contributed by atoms with Crippen LogP contribution in [0.2, 0.25) is 0 Å². The van der Waals surface area contributed by atoms with Crippen LogP contribution in [-0.2, 0) is 9.53 Å². The maximum Gasteiger partial charge on any atom is 0.490 e. The number of alkyl halides is 3. The molecule has 26 heavy (non-hydrogen) atoms. The van der Waals surface area contributed by atoms with Gasteiger partial charge in [-0.25, -0.2) is 4.79 Å². The molecule has 3 rings (SSSR count). The van der Waals surface area contributed by atoms with Gasteiger partial charge in [-0.1, -0.05) is 0 Å². The van der Waals surface area contributed by atoms with E-state index in [1.54, 1.807) is 12.3 Å². The second-order valence-corrected chi connectivity index (χ2v) is 6.54. The molecule has 2 aliphatic rings. The molecule has 0 aromatic carbocycles. The monoisotopic (exact) mass is 378 g/mol. The van der Waals surface area contributed by atoms with Crippen molar-refractivity contribution in [3.63, 3.8) is 0 Å². The molecule has 0 spiro atoms. The Morgan fingerprint density at radius 1 is 1.42 bits per heavy atom. The maximum absolute atomic E-state index is 12.3. The van der Waals surface area contributed by atoms with Gasteiger partial charge < -0.3 is 19.6 Å². The largest absolute Gasteiger partial charge is 0.490 e. The van der Waals surface area contributed by atoms with Gasteiger partial charge in [-0.2, -0.15) is 18.3 Å². The molecule has 3 atom stereocenters. The first-order chi connectivity index (χ1) is 12.1. The highest BCUT2D eigenvalue weighted by Gasteiger charge is 2.45. The zero-order valence-corrected chi connectivity index (χ0v) is 14.4. The smallest absolute Gasteiger partial charge is 0.475 e. The van der Waals surface area contributed by atoms with E-state index in [2.05, 4.69) is 29.2 Å². The molecule has 0 radical (unpaired) electrons. The molecule has 8 nitrogen and oxygen atoms in total. The van der Waals surface area contributed by atoms with Gasteiger partial charge in [0.05, 0.1) is 12.7 Å². The molecule has 3 heterocycles. The summed E-state index contributed by atoms with van der Waals surface area (Å²) in [6.07, 6.45) is -3.27. The van der Waals surface area contributed by atoms with E-state index in [1.807, 2.05) is 4.90 Å². The summed E-state index contributed by atoms with van der Waals surface area (Å²) < 4.78 is 37.6. The number of H-pyrrole nitrogens is 1. The fraction of sp³-hybridized carbons (Fsp3) is 0.667. The third-order valence-corrected chi connectivity index (χ3v) is 4.30. The molecular weight excluding hydrogens is 357 g/mol. The Labute approximate surface area is 147 Å². The van der Waals surface area contributed by atoms with Crippen LogP contribution in [0, 0.1) is 11.8 Å². The van der Waals surface area contributed by atoms with E-state index < -0.39 is 12.1 Å². The molecule has 1 aromatic rings. The Balaban J connectivity index is 0.000000298. The number of carbonyl (C=O) groups is 2. The van der Waals surface area contributed by atoms with Crippen LogP contribution in [0.1, 0.15) is 10.5 Å². The molecule has 0 bridgehead atoms. The lowest BCUT2D eigenvalue weighted by Crippen LogP contribution is -2.33. The second kappa shape index (κ2) is 8.04. The van der Waals surface area contributed by atoms with Crippen LogP contribution in [-0.4, -0.2) is 89.6 Å². The first-order valence-corrected chi connectivity index (χ1v) is 7.94. The number of carboxylic acids is 1. The highest BCUT2D eigenvalue weighted by Crippen LogP contribution is 2.34. The van der Waals surface area contributed by atoms with Crippen molar-refractivity contribution in [3.05, 3.63) is 18.0 Å². The zero-order chi connectivity index (χ0) is 19.5. The summed E-state index contributed by atoms with van der Waals surface area (Å²) in [6.45, 7) is 3.33. The number of aromatic nitrogens is 2. The van der Waals surface area contributed by atoms with Crippen LogP contribution in [0.5, 0.6) is 0 Å². The number of nitrogens with one attached hydrogen (secondary N) is 1. The van der Waals surface area contributed by atoms with Gasteiger partial charge in [0, 0.05) is 37.7 Å². The van der Waals surface area contributed by atoms with Crippen molar-refractivity contribution in [1.82, 2.24) is 20.0 Å². The third-order valence-electron chi connectivity index (χ3n) is 4.30. The van der Waals surface area contributed by atoms with Crippen LogP contribution >= 0.6 is 0 Å². The van der Waals surface area contributed by atoms with Crippen molar-refractivity contribution < 1.29 is 32.6 Å². The number of likely N-dealkylation sites (tertiary alicyclic amines) is 1. The molecule has 2 fully saturated rings. The van der Waals surface area contributed by atoms with Crippen molar-refractivity contribution >= 4 is 11.9 Å². The first kappa shape index (κ1) is 20.2. The number of hydrogen-bond donors (Lipinski definition) is 2. The number of hydrogen-bond acceptors (Lipinski definition) is 5. The minimum absolute atomic E-state index is 0.0269. The fourth-order valence-corrected chi connectivity index (χ4v) is 3.17. The number of nitrogens with zero attached hydrogens (tertiary/aromatic N) is 3. The number of rotatable bonds is 3. The molecule has 0 unspecified atom stereocenters. The molecule has 1 aromatic heterocycles. The summed E-state index contributed by atoms with van der Waals surface area (Å²) in [7, 11) is 4.16. The minimum atomic E-state index is -5.08. The molecule has 1 amide bonds. The molecule has 2 aliphatic heterocycles. The standard InChI is InChI=1S/C13H20N4O2.C2HF3O2/c1-16(2)5-9-8-19-12-7-17(6-10(9)12)13(18)11-3-4-14-15-11;3-2(4,5)1(6)7/h3-4,9-10,12H,5-8H2,1-2H3,(H,14,15);(H,6,7)/t9-,10-,12-;/m1./s1.